The van der Waals surface area contributed by atoms with Crippen LogP contribution in [0.3, 0.4) is 0 Å². The van der Waals surface area contributed by atoms with Gasteiger partial charge in [0.25, 0.3) is 5.91 Å². The Kier molecular flexibility index (Phi) is 5.93. The van der Waals surface area contributed by atoms with Gasteiger partial charge in [-0.15, -0.1) is 0 Å². The van der Waals surface area contributed by atoms with Gasteiger partial charge in [0.2, 0.25) is 0 Å². The van der Waals surface area contributed by atoms with Gasteiger partial charge in [0.05, 0.1) is 0 Å². The maximum atomic E-state index is 13.9. The predicted molar refractivity (Wildman–Crippen MR) is 85.4 cm³/mol. The Labute approximate surface area is 135 Å². The number of methoxy groups -OCH3 is 1. The molecule has 0 fully saturated rings. The molecule has 0 bridgehead atoms. The van der Waals surface area contributed by atoms with E-state index in [9.17, 15) is 9.18 Å². The summed E-state index contributed by atoms with van der Waals surface area (Å²) in [6, 6.07) is 9.81. The Morgan fingerprint density at radius 2 is 2.04 bits per heavy atom. The summed E-state index contributed by atoms with van der Waals surface area (Å²) < 4.78 is 24.4. The molecule has 1 amide bonds. The zero-order chi connectivity index (χ0) is 16.8. The van der Waals surface area contributed by atoms with Crippen LogP contribution in [-0.2, 0) is 17.9 Å². The van der Waals surface area contributed by atoms with Crippen molar-refractivity contribution in [3.63, 3.8) is 0 Å². The average molecular weight is 319 g/mol. The molecule has 1 aromatic heterocycles. The van der Waals surface area contributed by atoms with Crippen molar-refractivity contribution < 1.29 is 18.3 Å². The summed E-state index contributed by atoms with van der Waals surface area (Å²) in [6.07, 6.45) is 0.770. The van der Waals surface area contributed by atoms with Crippen LogP contribution in [0.4, 0.5) is 4.39 Å². The van der Waals surface area contributed by atoms with Crippen molar-refractivity contribution in [2.24, 2.45) is 0 Å². The van der Waals surface area contributed by atoms with Crippen LogP contribution in [0.25, 0.3) is 0 Å². The molecule has 0 saturated heterocycles. The topological polar surface area (TPSA) is 42.7 Å². The third-order valence-electron chi connectivity index (χ3n) is 3.84. The van der Waals surface area contributed by atoms with Crippen molar-refractivity contribution in [2.45, 2.75) is 39.5 Å². The summed E-state index contributed by atoms with van der Waals surface area (Å²) in [7, 11) is 1.56. The molecule has 23 heavy (non-hydrogen) atoms. The summed E-state index contributed by atoms with van der Waals surface area (Å²) in [4.78, 5) is 14.4. The van der Waals surface area contributed by atoms with Gasteiger partial charge in [-0.2, -0.15) is 0 Å². The Morgan fingerprint density at radius 3 is 2.70 bits per heavy atom. The molecule has 124 valence electrons. The standard InChI is InChI=1S/C18H22FNO3/c1-4-13(2)20(11-14-7-5-6-8-16(14)19)18(21)17-10-9-15(23-17)12-22-3/h5-10,13H,4,11-12H2,1-3H3. The third kappa shape index (κ3) is 4.20. The third-order valence-corrected chi connectivity index (χ3v) is 3.84. The largest absolute Gasteiger partial charge is 0.453 e. The number of ether oxygens (including phenoxy) is 1. The summed E-state index contributed by atoms with van der Waals surface area (Å²) in [5.41, 5.74) is 0.491. The number of amides is 1. The summed E-state index contributed by atoms with van der Waals surface area (Å²) in [5, 5.41) is 0. The van der Waals surface area contributed by atoms with Gasteiger partial charge in [-0.05, 0) is 31.5 Å². The highest BCUT2D eigenvalue weighted by Gasteiger charge is 2.24. The molecule has 0 aliphatic carbocycles. The first kappa shape index (κ1) is 17.2. The molecule has 4 nitrogen and oxygen atoms in total. The molecule has 0 aliphatic heterocycles. The number of carbonyl (C=O) groups excluding carboxylic acids is 1. The number of nitrogens with zero attached hydrogens (tertiary/aromatic N) is 1. The molecule has 2 rings (SSSR count). The van der Waals surface area contributed by atoms with Gasteiger partial charge in [0.15, 0.2) is 5.76 Å². The molecule has 1 aromatic carbocycles. The van der Waals surface area contributed by atoms with E-state index in [-0.39, 0.29) is 30.1 Å². The minimum absolute atomic E-state index is 0.0296. The highest BCUT2D eigenvalue weighted by Crippen LogP contribution is 2.19. The first-order valence-electron chi connectivity index (χ1n) is 7.68. The molecule has 1 atom stereocenters. The van der Waals surface area contributed by atoms with Crippen LogP contribution in [-0.4, -0.2) is 24.0 Å². The number of rotatable bonds is 7. The van der Waals surface area contributed by atoms with Gasteiger partial charge >= 0.3 is 0 Å². The second-order valence-electron chi connectivity index (χ2n) is 5.48. The van der Waals surface area contributed by atoms with Gasteiger partial charge in [-0.25, -0.2) is 4.39 Å². The predicted octanol–water partition coefficient (Wildman–Crippen LogP) is 4.01. The second kappa shape index (κ2) is 7.92. The Bertz CT molecular complexity index is 653. The van der Waals surface area contributed by atoms with E-state index in [0.717, 1.165) is 6.42 Å². The van der Waals surface area contributed by atoms with E-state index in [1.807, 2.05) is 13.8 Å². The zero-order valence-electron chi connectivity index (χ0n) is 13.7. The molecule has 0 saturated carbocycles. The van der Waals surface area contributed by atoms with Gasteiger partial charge in [-0.3, -0.25) is 4.79 Å². The molecule has 0 spiro atoms. The van der Waals surface area contributed by atoms with Crippen molar-refractivity contribution in [1.82, 2.24) is 4.90 Å². The Morgan fingerprint density at radius 1 is 1.30 bits per heavy atom. The maximum Gasteiger partial charge on any atom is 0.290 e. The molecule has 2 aromatic rings. The monoisotopic (exact) mass is 319 g/mol. The van der Waals surface area contributed by atoms with Gasteiger partial charge < -0.3 is 14.1 Å². The Hall–Kier alpha value is -2.14. The van der Waals surface area contributed by atoms with E-state index in [0.29, 0.717) is 17.9 Å². The maximum absolute atomic E-state index is 13.9. The van der Waals surface area contributed by atoms with Crippen LogP contribution in [0, 0.1) is 5.82 Å². The number of hydrogen-bond donors (Lipinski definition) is 0. The number of benzene rings is 1. The molecule has 1 heterocycles. The fraction of sp³-hybridized carbons (Fsp3) is 0.389. The van der Waals surface area contributed by atoms with E-state index in [4.69, 9.17) is 9.15 Å². The molecular weight excluding hydrogens is 297 g/mol. The quantitative estimate of drug-likeness (QED) is 0.774. The van der Waals surface area contributed by atoms with Crippen LogP contribution >= 0.6 is 0 Å². The van der Waals surface area contributed by atoms with Crippen molar-refractivity contribution in [3.8, 4) is 0 Å². The molecule has 0 aliphatic rings. The SMILES string of the molecule is CCC(C)N(Cc1ccccc1F)C(=O)c1ccc(COC)o1. The lowest BCUT2D eigenvalue weighted by Crippen LogP contribution is -2.37. The van der Waals surface area contributed by atoms with Crippen LogP contribution in [0.1, 0.15) is 42.1 Å². The van der Waals surface area contributed by atoms with Crippen molar-refractivity contribution in [2.75, 3.05) is 7.11 Å². The van der Waals surface area contributed by atoms with E-state index in [1.165, 1.54) is 6.07 Å². The van der Waals surface area contributed by atoms with Crippen LogP contribution < -0.4 is 0 Å². The number of hydrogen-bond acceptors (Lipinski definition) is 3. The molecule has 1 unspecified atom stereocenters. The molecule has 0 N–H and O–H groups in total. The normalized spacial score (nSPS) is 12.2. The first-order chi connectivity index (χ1) is 11.1. The second-order valence-corrected chi connectivity index (χ2v) is 5.48. The first-order valence-corrected chi connectivity index (χ1v) is 7.68. The van der Waals surface area contributed by atoms with Crippen molar-refractivity contribution >= 4 is 5.91 Å². The van der Waals surface area contributed by atoms with Crippen molar-refractivity contribution in [3.05, 3.63) is 59.3 Å². The van der Waals surface area contributed by atoms with Gasteiger partial charge in [0.1, 0.15) is 18.2 Å². The highest BCUT2D eigenvalue weighted by molar-refractivity contribution is 5.91. The van der Waals surface area contributed by atoms with Crippen LogP contribution in [0.15, 0.2) is 40.8 Å². The summed E-state index contributed by atoms with van der Waals surface area (Å²) in [6.45, 7) is 4.45. The minimum Gasteiger partial charge on any atom is -0.453 e. The lowest BCUT2D eigenvalue weighted by atomic mass is 10.1. The molecule has 5 heteroatoms. The molecular formula is C18H22FNO3. The lowest BCUT2D eigenvalue weighted by Gasteiger charge is -2.28. The van der Waals surface area contributed by atoms with Gasteiger partial charge in [-0.1, -0.05) is 25.1 Å². The summed E-state index contributed by atoms with van der Waals surface area (Å²) in [5.74, 6) is 0.276. The zero-order valence-corrected chi connectivity index (χ0v) is 13.7. The number of furan rings is 1. The number of carbonyl (C=O) groups is 1. The van der Waals surface area contributed by atoms with Crippen LogP contribution in [0.2, 0.25) is 0 Å². The van der Waals surface area contributed by atoms with E-state index in [1.54, 1.807) is 42.3 Å². The summed E-state index contributed by atoms with van der Waals surface area (Å²) >= 11 is 0. The van der Waals surface area contributed by atoms with E-state index < -0.39 is 0 Å². The molecule has 0 radical (unpaired) electrons. The number of halogens is 1. The fourth-order valence-electron chi connectivity index (χ4n) is 2.31. The lowest BCUT2D eigenvalue weighted by molar-refractivity contribution is 0.0629. The van der Waals surface area contributed by atoms with E-state index in [2.05, 4.69) is 0 Å². The Balaban J connectivity index is 2.23. The van der Waals surface area contributed by atoms with Crippen molar-refractivity contribution in [1.29, 1.82) is 0 Å². The smallest absolute Gasteiger partial charge is 0.290 e. The fourth-order valence-corrected chi connectivity index (χ4v) is 2.31. The highest BCUT2D eigenvalue weighted by atomic mass is 19.1. The average Bonchev–Trinajstić information content (AvgIpc) is 3.02. The van der Waals surface area contributed by atoms with Crippen LogP contribution in [0.5, 0.6) is 0 Å². The minimum atomic E-state index is -0.312. The van der Waals surface area contributed by atoms with E-state index >= 15 is 0 Å². The van der Waals surface area contributed by atoms with Gasteiger partial charge in [0, 0.05) is 25.3 Å².